The predicted molar refractivity (Wildman–Crippen MR) is 94.7 cm³/mol. The van der Waals surface area contributed by atoms with E-state index < -0.39 is 3.23 Å². The Balaban J connectivity index is 1.74. The molecule has 1 fully saturated rings. The lowest BCUT2D eigenvalue weighted by Crippen LogP contribution is -2.68. The summed E-state index contributed by atoms with van der Waals surface area (Å²) in [6, 6.07) is 9.56. The van der Waals surface area contributed by atoms with E-state index in [0.29, 0.717) is 12.2 Å². The van der Waals surface area contributed by atoms with Crippen molar-refractivity contribution in [2.24, 2.45) is 0 Å². The van der Waals surface area contributed by atoms with E-state index in [1.807, 2.05) is 37.3 Å². The van der Waals surface area contributed by atoms with Crippen LogP contribution in [0.5, 0.6) is 0 Å². The second kappa shape index (κ2) is 6.02. The van der Waals surface area contributed by atoms with Gasteiger partial charge in [-0.25, -0.2) is 0 Å². The number of hydrogen-bond donors (Lipinski definition) is 1. The highest BCUT2D eigenvalue weighted by Crippen LogP contribution is 2.53. The number of thioether (sulfide) groups is 1. The zero-order valence-electron chi connectivity index (χ0n) is 11.8. The number of rotatable bonds is 3. The van der Waals surface area contributed by atoms with Crippen molar-refractivity contribution in [2.75, 3.05) is 5.75 Å². The third-order valence-electron chi connectivity index (χ3n) is 3.62. The molecule has 2 heterocycles. The highest BCUT2D eigenvalue weighted by Gasteiger charge is 2.61. The summed E-state index contributed by atoms with van der Waals surface area (Å²) < 4.78 is -0.721. The number of β-lactam (4-membered cyclic amide) rings is 1. The molecule has 0 aliphatic carbocycles. The van der Waals surface area contributed by atoms with Gasteiger partial charge < -0.3 is 5.32 Å². The third kappa shape index (κ3) is 2.74. The number of carbonyl (C=O) groups is 2. The van der Waals surface area contributed by atoms with Crippen LogP contribution in [0.4, 0.5) is 0 Å². The standard InChI is InChI=1S/C15H14Br2N2O2S/c1-9-8-22-14-15(16,17)13(21)19(14)12(9)18-11(20)7-10-5-3-2-4-6-10/h2-6,14H,7-8H2,1H3,(H,18,20). The quantitative estimate of drug-likeness (QED) is 0.574. The molecule has 116 valence electrons. The largest absolute Gasteiger partial charge is 0.312 e. The van der Waals surface area contributed by atoms with Gasteiger partial charge in [-0.1, -0.05) is 62.2 Å². The molecule has 22 heavy (non-hydrogen) atoms. The van der Waals surface area contributed by atoms with Gasteiger partial charge in [0.05, 0.1) is 6.42 Å². The number of nitrogens with one attached hydrogen (secondary N) is 1. The van der Waals surface area contributed by atoms with Crippen LogP contribution < -0.4 is 5.32 Å². The summed E-state index contributed by atoms with van der Waals surface area (Å²) in [5.41, 5.74) is 1.96. The topological polar surface area (TPSA) is 49.4 Å². The average molecular weight is 446 g/mol. The molecule has 0 radical (unpaired) electrons. The predicted octanol–water partition coefficient (Wildman–Crippen LogP) is 2.98. The van der Waals surface area contributed by atoms with Crippen LogP contribution >= 0.6 is 43.6 Å². The molecule has 1 N–H and O–H groups in total. The SMILES string of the molecule is CC1=C(NC(=O)Cc2ccccc2)N2C(=O)C(Br)(Br)C2SC1. The van der Waals surface area contributed by atoms with Gasteiger partial charge in [0.15, 0.2) is 3.23 Å². The Morgan fingerprint density at radius 1 is 1.41 bits per heavy atom. The van der Waals surface area contributed by atoms with Crippen molar-refractivity contribution < 1.29 is 9.59 Å². The van der Waals surface area contributed by atoms with E-state index in [4.69, 9.17) is 0 Å². The van der Waals surface area contributed by atoms with Gasteiger partial charge in [0, 0.05) is 5.75 Å². The zero-order valence-corrected chi connectivity index (χ0v) is 15.8. The van der Waals surface area contributed by atoms with Crippen LogP contribution in [0, 0.1) is 0 Å². The highest BCUT2D eigenvalue weighted by atomic mass is 79.9. The number of nitrogens with zero attached hydrogens (tertiary/aromatic N) is 1. The molecule has 1 unspecified atom stereocenters. The Kier molecular flexibility index (Phi) is 4.40. The highest BCUT2D eigenvalue weighted by molar-refractivity contribution is 9.26. The second-order valence-electron chi connectivity index (χ2n) is 5.30. The molecule has 3 rings (SSSR count). The summed E-state index contributed by atoms with van der Waals surface area (Å²) in [6.07, 6.45) is 0.297. The van der Waals surface area contributed by atoms with Gasteiger partial charge in [0.25, 0.3) is 5.91 Å². The molecule has 2 amide bonds. The summed E-state index contributed by atoms with van der Waals surface area (Å²) in [5, 5.41) is 2.86. The molecule has 1 aromatic carbocycles. The molecule has 1 atom stereocenters. The lowest BCUT2D eigenvalue weighted by molar-refractivity contribution is -0.139. The van der Waals surface area contributed by atoms with E-state index >= 15 is 0 Å². The number of carbonyl (C=O) groups excluding carboxylic acids is 2. The maximum absolute atomic E-state index is 12.3. The van der Waals surface area contributed by atoms with E-state index in [1.165, 1.54) is 0 Å². The maximum Gasteiger partial charge on any atom is 0.259 e. The lowest BCUT2D eigenvalue weighted by Gasteiger charge is -2.52. The summed E-state index contributed by atoms with van der Waals surface area (Å²) in [5.74, 6) is 1.22. The van der Waals surface area contributed by atoms with Gasteiger partial charge in [-0.3, -0.25) is 14.5 Å². The minimum atomic E-state index is -0.721. The van der Waals surface area contributed by atoms with Crippen molar-refractivity contribution in [3.63, 3.8) is 0 Å². The van der Waals surface area contributed by atoms with E-state index in [1.54, 1.807) is 16.7 Å². The van der Waals surface area contributed by atoms with Crippen molar-refractivity contribution >= 4 is 55.4 Å². The molecule has 0 aromatic heterocycles. The van der Waals surface area contributed by atoms with Crippen LogP contribution in [0.2, 0.25) is 0 Å². The van der Waals surface area contributed by atoms with Crippen LogP contribution in [-0.2, 0) is 16.0 Å². The molecule has 0 bridgehead atoms. The fourth-order valence-electron chi connectivity index (χ4n) is 2.47. The first-order chi connectivity index (χ1) is 10.4. The summed E-state index contributed by atoms with van der Waals surface area (Å²) in [4.78, 5) is 26.2. The van der Waals surface area contributed by atoms with Crippen LogP contribution in [0.25, 0.3) is 0 Å². The number of benzene rings is 1. The van der Waals surface area contributed by atoms with Gasteiger partial charge in [-0.05, 0) is 18.1 Å². The number of halogens is 2. The summed E-state index contributed by atoms with van der Waals surface area (Å²) >= 11 is 8.49. The molecule has 7 heteroatoms. The summed E-state index contributed by atoms with van der Waals surface area (Å²) in [6.45, 7) is 1.94. The van der Waals surface area contributed by atoms with Crippen molar-refractivity contribution in [1.29, 1.82) is 0 Å². The first kappa shape index (κ1) is 16.1. The Bertz CT molecular complexity index is 661. The monoisotopic (exact) mass is 444 g/mol. The van der Waals surface area contributed by atoms with Gasteiger partial charge in [-0.2, -0.15) is 0 Å². The van der Waals surface area contributed by atoms with E-state index in [0.717, 1.165) is 16.9 Å². The molecule has 4 nitrogen and oxygen atoms in total. The van der Waals surface area contributed by atoms with Gasteiger partial charge in [-0.15, -0.1) is 11.8 Å². The zero-order chi connectivity index (χ0) is 15.9. The minimum Gasteiger partial charge on any atom is -0.312 e. The Hall–Kier alpha value is -0.790. The Labute approximate surface area is 150 Å². The minimum absolute atomic E-state index is 0.0456. The van der Waals surface area contributed by atoms with Crippen LogP contribution in [0.1, 0.15) is 12.5 Å². The average Bonchev–Trinajstić information content (AvgIpc) is 2.49. The number of hydrogen-bond acceptors (Lipinski definition) is 3. The molecular formula is C15H14Br2N2O2S. The van der Waals surface area contributed by atoms with Crippen molar-refractivity contribution in [3.05, 3.63) is 47.3 Å². The smallest absolute Gasteiger partial charge is 0.259 e. The van der Waals surface area contributed by atoms with Crippen LogP contribution in [0.3, 0.4) is 0 Å². The fraction of sp³-hybridized carbons (Fsp3) is 0.333. The molecule has 0 spiro atoms. The molecule has 2 aliphatic heterocycles. The molecule has 1 aromatic rings. The van der Waals surface area contributed by atoms with E-state index in [2.05, 4.69) is 37.2 Å². The van der Waals surface area contributed by atoms with Gasteiger partial charge >= 0.3 is 0 Å². The molecule has 0 saturated carbocycles. The molecule has 2 aliphatic rings. The Morgan fingerprint density at radius 2 is 2.09 bits per heavy atom. The molecular weight excluding hydrogens is 432 g/mol. The van der Waals surface area contributed by atoms with Crippen molar-refractivity contribution in [2.45, 2.75) is 22.0 Å². The van der Waals surface area contributed by atoms with Gasteiger partial charge in [0.2, 0.25) is 5.91 Å². The van der Waals surface area contributed by atoms with Gasteiger partial charge in [0.1, 0.15) is 11.2 Å². The normalized spacial score (nSPS) is 23.0. The van der Waals surface area contributed by atoms with Crippen molar-refractivity contribution in [1.82, 2.24) is 10.2 Å². The summed E-state index contributed by atoms with van der Waals surface area (Å²) in [7, 11) is 0. The number of alkyl halides is 2. The van der Waals surface area contributed by atoms with Crippen molar-refractivity contribution in [3.8, 4) is 0 Å². The van der Waals surface area contributed by atoms with E-state index in [-0.39, 0.29) is 17.2 Å². The maximum atomic E-state index is 12.3. The third-order valence-corrected chi connectivity index (χ3v) is 7.25. The number of fused-ring (bicyclic) bond motifs is 1. The van der Waals surface area contributed by atoms with E-state index in [9.17, 15) is 9.59 Å². The Morgan fingerprint density at radius 3 is 2.77 bits per heavy atom. The molecule has 1 saturated heterocycles. The first-order valence-electron chi connectivity index (χ1n) is 6.78. The first-order valence-corrected chi connectivity index (χ1v) is 9.41. The van der Waals surface area contributed by atoms with Crippen LogP contribution in [0.15, 0.2) is 41.7 Å². The number of amides is 2. The fourth-order valence-corrected chi connectivity index (χ4v) is 5.26. The van der Waals surface area contributed by atoms with Crippen LogP contribution in [-0.4, -0.2) is 31.1 Å². The second-order valence-corrected chi connectivity index (χ2v) is 9.94. The lowest BCUT2D eigenvalue weighted by atomic mass is 10.1.